The third-order valence-corrected chi connectivity index (χ3v) is 9.55. The molecule has 0 bridgehead atoms. The van der Waals surface area contributed by atoms with Crippen molar-refractivity contribution in [1.29, 1.82) is 0 Å². The molecule has 7 rings (SSSR count). The van der Waals surface area contributed by atoms with Gasteiger partial charge < -0.3 is 29.2 Å². The van der Waals surface area contributed by atoms with Crippen LogP contribution in [0.3, 0.4) is 0 Å². The van der Waals surface area contributed by atoms with Crippen molar-refractivity contribution in [2.24, 2.45) is 0 Å². The molecule has 4 aliphatic heterocycles. The van der Waals surface area contributed by atoms with Crippen LogP contribution < -0.4 is 19.7 Å². The second kappa shape index (κ2) is 11.8. The molecule has 248 valence electrons. The number of alkyl halides is 4. The van der Waals surface area contributed by atoms with Gasteiger partial charge in [0.2, 0.25) is 0 Å². The second-order valence-corrected chi connectivity index (χ2v) is 12.8. The van der Waals surface area contributed by atoms with E-state index in [2.05, 4.69) is 25.2 Å². The molecule has 1 N–H and O–H groups in total. The Morgan fingerprint density at radius 1 is 1.17 bits per heavy atom. The average Bonchev–Trinajstić information content (AvgIpc) is 3.53. The Balaban J connectivity index is 1.34. The quantitative estimate of drug-likeness (QED) is 0.270. The Kier molecular flexibility index (Phi) is 8.11. The standard InChI is InChI=1S/C30H32ClF5N6O4/c1-43-16-46-18-7-19(22(21(31)8-18)30(34,35)36)24-23(33)25-20(10-37-24)26(41-6-4-38-28(12-41)13-44-14-28)40-27(39-25)45-15-29-3-2-5-42(29)11-17(32)9-29/h7-8,10,17,38H,2-6,9,11-16H2,1H3/t17-,29+/m1/s1. The SMILES string of the molecule is COCOc1cc(Cl)c(C(F)(F)F)c(-c2ncc3c(N4CCNC5(COC5)C4)nc(OC[C@@]45CCCN4C[C@H](F)C5)nc3c2F)c1. The number of aromatic nitrogens is 3. The number of rotatable bonds is 8. The van der Waals surface area contributed by atoms with Crippen molar-refractivity contribution in [2.45, 2.75) is 42.7 Å². The summed E-state index contributed by atoms with van der Waals surface area (Å²) < 4.78 is 95.7. The minimum absolute atomic E-state index is 0.0690. The number of piperazine rings is 1. The fraction of sp³-hybridized carbons (Fsp3) is 0.567. The summed E-state index contributed by atoms with van der Waals surface area (Å²) in [5.41, 5.74) is -3.63. The summed E-state index contributed by atoms with van der Waals surface area (Å²) in [6.45, 7) is 3.43. The number of fused-ring (bicyclic) bond motifs is 2. The highest BCUT2D eigenvalue weighted by molar-refractivity contribution is 6.32. The summed E-state index contributed by atoms with van der Waals surface area (Å²) in [5.74, 6) is -0.855. The van der Waals surface area contributed by atoms with Gasteiger partial charge in [0.1, 0.15) is 35.6 Å². The number of benzene rings is 1. The molecule has 16 heteroatoms. The minimum atomic E-state index is -4.94. The summed E-state index contributed by atoms with van der Waals surface area (Å²) in [4.78, 5) is 17.2. The maximum absolute atomic E-state index is 16.6. The Labute approximate surface area is 266 Å². The van der Waals surface area contributed by atoms with Gasteiger partial charge in [-0.2, -0.15) is 23.1 Å². The van der Waals surface area contributed by atoms with Crippen LogP contribution in [-0.4, -0.2) is 104 Å². The molecule has 4 aliphatic rings. The molecule has 0 aliphatic carbocycles. The maximum Gasteiger partial charge on any atom is 0.418 e. The van der Waals surface area contributed by atoms with Crippen LogP contribution in [0.1, 0.15) is 24.8 Å². The van der Waals surface area contributed by atoms with Crippen molar-refractivity contribution in [3.8, 4) is 23.0 Å². The number of ether oxygens (including phenoxy) is 4. The Morgan fingerprint density at radius 2 is 2.00 bits per heavy atom. The fourth-order valence-electron chi connectivity index (χ4n) is 7.11. The number of nitrogens with zero attached hydrogens (tertiary/aromatic N) is 5. The van der Waals surface area contributed by atoms with Crippen LogP contribution in [0.2, 0.25) is 5.02 Å². The smallest absolute Gasteiger partial charge is 0.418 e. The van der Waals surface area contributed by atoms with Crippen LogP contribution in [0.4, 0.5) is 27.8 Å². The van der Waals surface area contributed by atoms with Crippen LogP contribution in [0.15, 0.2) is 18.3 Å². The van der Waals surface area contributed by atoms with E-state index >= 15 is 4.39 Å². The molecule has 2 atom stereocenters. The Morgan fingerprint density at radius 3 is 2.74 bits per heavy atom. The van der Waals surface area contributed by atoms with Gasteiger partial charge in [-0.3, -0.25) is 9.88 Å². The van der Waals surface area contributed by atoms with Gasteiger partial charge in [0.15, 0.2) is 12.6 Å². The zero-order valence-corrected chi connectivity index (χ0v) is 25.7. The number of nitrogens with one attached hydrogen (secondary N) is 1. The lowest BCUT2D eigenvalue weighted by Gasteiger charge is -2.49. The fourth-order valence-corrected chi connectivity index (χ4v) is 7.43. The van der Waals surface area contributed by atoms with Gasteiger partial charge in [-0.15, -0.1) is 0 Å². The molecule has 10 nitrogen and oxygen atoms in total. The molecule has 0 unspecified atom stereocenters. The van der Waals surface area contributed by atoms with Crippen molar-refractivity contribution in [3.63, 3.8) is 0 Å². The Bertz CT molecular complexity index is 1650. The highest BCUT2D eigenvalue weighted by Crippen LogP contribution is 2.45. The maximum atomic E-state index is 16.6. The van der Waals surface area contributed by atoms with Gasteiger partial charge in [0, 0.05) is 51.5 Å². The zero-order chi connectivity index (χ0) is 32.3. The molecule has 4 saturated heterocycles. The van der Waals surface area contributed by atoms with Crippen LogP contribution >= 0.6 is 11.6 Å². The Hall–Kier alpha value is -3.11. The number of anilines is 1. The molecule has 0 saturated carbocycles. The third kappa shape index (κ3) is 5.59. The van der Waals surface area contributed by atoms with E-state index in [1.165, 1.54) is 13.3 Å². The van der Waals surface area contributed by atoms with E-state index in [0.29, 0.717) is 51.6 Å². The van der Waals surface area contributed by atoms with Crippen LogP contribution in [0, 0.1) is 5.82 Å². The molecule has 4 fully saturated rings. The molecule has 6 heterocycles. The summed E-state index contributed by atoms with van der Waals surface area (Å²) in [6, 6.07) is 1.84. The first-order valence-corrected chi connectivity index (χ1v) is 15.4. The first-order valence-electron chi connectivity index (χ1n) is 15.0. The highest BCUT2D eigenvalue weighted by Gasteiger charge is 2.49. The molecule has 46 heavy (non-hydrogen) atoms. The largest absolute Gasteiger partial charge is 0.467 e. The highest BCUT2D eigenvalue weighted by atomic mass is 35.5. The molecule has 0 amide bonds. The van der Waals surface area contributed by atoms with E-state index < -0.39 is 45.5 Å². The van der Waals surface area contributed by atoms with Crippen molar-refractivity contribution in [3.05, 3.63) is 34.7 Å². The first-order chi connectivity index (χ1) is 22.0. The lowest BCUT2D eigenvalue weighted by atomic mass is 9.94. The number of pyridine rings is 1. The lowest BCUT2D eigenvalue weighted by Crippen LogP contribution is -2.70. The van der Waals surface area contributed by atoms with Crippen LogP contribution in [-0.2, 0) is 15.7 Å². The molecule has 3 aromatic rings. The summed E-state index contributed by atoms with van der Waals surface area (Å²) >= 11 is 6.08. The van der Waals surface area contributed by atoms with E-state index in [1.807, 2.05) is 4.90 Å². The molecule has 1 aromatic carbocycles. The van der Waals surface area contributed by atoms with E-state index in [4.69, 9.17) is 30.5 Å². The van der Waals surface area contributed by atoms with Crippen molar-refractivity contribution < 1.29 is 40.9 Å². The van der Waals surface area contributed by atoms with Crippen molar-refractivity contribution in [2.75, 3.05) is 71.3 Å². The van der Waals surface area contributed by atoms with Gasteiger partial charge in [-0.25, -0.2) is 8.78 Å². The lowest BCUT2D eigenvalue weighted by molar-refractivity contribution is -0.137. The van der Waals surface area contributed by atoms with Crippen molar-refractivity contribution in [1.82, 2.24) is 25.2 Å². The number of hydrogen-bond donors (Lipinski definition) is 1. The van der Waals surface area contributed by atoms with E-state index in [1.54, 1.807) is 0 Å². The van der Waals surface area contributed by atoms with Crippen LogP contribution in [0.25, 0.3) is 22.2 Å². The van der Waals surface area contributed by atoms with Gasteiger partial charge in [-0.05, 0) is 31.5 Å². The minimum Gasteiger partial charge on any atom is -0.467 e. The predicted octanol–water partition coefficient (Wildman–Crippen LogP) is 4.62. The molecular formula is C30H32ClF5N6O4. The van der Waals surface area contributed by atoms with Crippen molar-refractivity contribution >= 4 is 28.3 Å². The topological polar surface area (TPSA) is 94.1 Å². The summed E-state index contributed by atoms with van der Waals surface area (Å²) in [7, 11) is 1.35. The normalized spacial score (nSPS) is 24.4. The molecule has 2 aromatic heterocycles. The molecule has 1 spiro atoms. The van der Waals surface area contributed by atoms with Gasteiger partial charge in [-0.1, -0.05) is 11.6 Å². The average molecular weight is 671 g/mol. The number of methoxy groups -OCH3 is 1. The third-order valence-electron chi connectivity index (χ3n) is 9.25. The van der Waals surface area contributed by atoms with Gasteiger partial charge in [0.05, 0.1) is 40.3 Å². The summed E-state index contributed by atoms with van der Waals surface area (Å²) in [6.07, 6.45) is -2.73. The number of halogens is 6. The van der Waals surface area contributed by atoms with Gasteiger partial charge in [0.25, 0.3) is 0 Å². The predicted molar refractivity (Wildman–Crippen MR) is 158 cm³/mol. The summed E-state index contributed by atoms with van der Waals surface area (Å²) in [5, 5.41) is 2.96. The van der Waals surface area contributed by atoms with Gasteiger partial charge >= 0.3 is 12.2 Å². The molecule has 0 radical (unpaired) electrons. The monoisotopic (exact) mass is 670 g/mol. The van der Waals surface area contributed by atoms with E-state index in [9.17, 15) is 17.6 Å². The van der Waals surface area contributed by atoms with E-state index in [-0.39, 0.29) is 41.6 Å². The zero-order valence-electron chi connectivity index (χ0n) is 24.9. The van der Waals surface area contributed by atoms with Crippen LogP contribution in [0.5, 0.6) is 11.8 Å². The first kappa shape index (κ1) is 31.5. The molecular weight excluding hydrogens is 639 g/mol. The van der Waals surface area contributed by atoms with E-state index in [0.717, 1.165) is 31.5 Å². The number of hydrogen-bond acceptors (Lipinski definition) is 10. The second-order valence-electron chi connectivity index (χ2n) is 12.4.